The van der Waals surface area contributed by atoms with Crippen molar-refractivity contribution in [3.05, 3.63) is 99.0 Å². The average Bonchev–Trinajstić information content (AvgIpc) is 3.12. The second-order valence-electron chi connectivity index (χ2n) is 8.04. The number of halogens is 2. The van der Waals surface area contributed by atoms with Crippen LogP contribution >= 0.6 is 23.2 Å². The maximum Gasteiger partial charge on any atom is 0.310 e. The van der Waals surface area contributed by atoms with Gasteiger partial charge >= 0.3 is 5.97 Å². The number of carbonyl (C=O) groups excluding carboxylic acids is 3. The number of aliphatic hydroxyl groups excluding tert-OH is 1. The van der Waals surface area contributed by atoms with Gasteiger partial charge in [-0.1, -0.05) is 47.5 Å². The number of hydrogen-bond acceptors (Lipinski definition) is 6. The lowest BCUT2D eigenvalue weighted by atomic mass is 9.95. The smallest absolute Gasteiger partial charge is 0.310 e. The highest BCUT2D eigenvalue weighted by molar-refractivity contribution is 6.51. The van der Waals surface area contributed by atoms with E-state index in [1.54, 1.807) is 43.3 Å². The molecule has 1 atom stereocenters. The number of rotatable bonds is 6. The first-order valence-corrected chi connectivity index (χ1v) is 11.8. The van der Waals surface area contributed by atoms with Crippen molar-refractivity contribution in [3.63, 3.8) is 0 Å². The van der Waals surface area contributed by atoms with Crippen LogP contribution in [0, 0.1) is 0 Å². The molecule has 2 N–H and O–H groups in total. The summed E-state index contributed by atoms with van der Waals surface area (Å²) in [5.41, 5.74) is 1.63. The van der Waals surface area contributed by atoms with E-state index < -0.39 is 23.5 Å². The summed E-state index contributed by atoms with van der Waals surface area (Å²) < 4.78 is 4.97. The van der Waals surface area contributed by atoms with Crippen molar-refractivity contribution >= 4 is 52.3 Å². The minimum Gasteiger partial charge on any atom is -0.508 e. The van der Waals surface area contributed by atoms with Crippen molar-refractivity contribution in [2.45, 2.75) is 19.4 Å². The highest BCUT2D eigenvalue weighted by Crippen LogP contribution is 2.43. The van der Waals surface area contributed by atoms with Crippen LogP contribution in [0.1, 0.15) is 29.7 Å². The lowest BCUT2D eigenvalue weighted by Gasteiger charge is -2.25. The maximum atomic E-state index is 13.2. The van der Waals surface area contributed by atoms with Crippen molar-refractivity contribution in [2.24, 2.45) is 0 Å². The number of benzene rings is 3. The fraction of sp³-hybridized carbons (Fsp3) is 0.148. The first-order valence-electron chi connectivity index (χ1n) is 11.0. The molecular formula is C27H21Cl2NO6. The molecular weight excluding hydrogens is 505 g/mol. The predicted octanol–water partition coefficient (Wildman–Crippen LogP) is 5.43. The van der Waals surface area contributed by atoms with Gasteiger partial charge in [0, 0.05) is 11.3 Å². The Kier molecular flexibility index (Phi) is 7.33. The number of ether oxygens (including phenoxy) is 1. The minimum atomic E-state index is -0.990. The molecule has 0 spiro atoms. The number of esters is 1. The zero-order chi connectivity index (χ0) is 26.0. The van der Waals surface area contributed by atoms with Crippen molar-refractivity contribution < 1.29 is 29.3 Å². The largest absolute Gasteiger partial charge is 0.508 e. The second kappa shape index (κ2) is 10.4. The van der Waals surface area contributed by atoms with Crippen molar-refractivity contribution in [3.8, 4) is 5.75 Å². The Hall–Kier alpha value is -3.81. The topological polar surface area (TPSA) is 104 Å². The van der Waals surface area contributed by atoms with Crippen LogP contribution in [0.5, 0.6) is 5.75 Å². The predicted molar refractivity (Wildman–Crippen MR) is 136 cm³/mol. The molecule has 1 aliphatic rings. The van der Waals surface area contributed by atoms with Gasteiger partial charge in [0.2, 0.25) is 0 Å². The summed E-state index contributed by atoms with van der Waals surface area (Å²) in [7, 11) is 0. The number of carbonyl (C=O) groups is 3. The summed E-state index contributed by atoms with van der Waals surface area (Å²) in [6.07, 6.45) is 0.0612. The van der Waals surface area contributed by atoms with E-state index in [0.717, 1.165) is 0 Å². The fourth-order valence-electron chi connectivity index (χ4n) is 4.02. The molecule has 0 aliphatic carbocycles. The second-order valence-corrected chi connectivity index (χ2v) is 8.85. The van der Waals surface area contributed by atoms with E-state index in [1.807, 2.05) is 0 Å². The summed E-state index contributed by atoms with van der Waals surface area (Å²) in [5, 5.41) is 21.4. The summed E-state index contributed by atoms with van der Waals surface area (Å²) in [5.74, 6) is -2.51. The molecule has 0 aromatic heterocycles. The molecule has 1 unspecified atom stereocenters. The third-order valence-corrected chi connectivity index (χ3v) is 6.45. The molecule has 7 nitrogen and oxygen atoms in total. The van der Waals surface area contributed by atoms with E-state index in [0.29, 0.717) is 16.8 Å². The summed E-state index contributed by atoms with van der Waals surface area (Å²) in [4.78, 5) is 39.5. The number of ketones is 1. The fourth-order valence-corrected chi connectivity index (χ4v) is 4.32. The van der Waals surface area contributed by atoms with Crippen molar-refractivity contribution in [2.75, 3.05) is 11.5 Å². The number of anilines is 1. The molecule has 1 aliphatic heterocycles. The van der Waals surface area contributed by atoms with Gasteiger partial charge in [0.25, 0.3) is 11.7 Å². The van der Waals surface area contributed by atoms with E-state index in [9.17, 15) is 24.6 Å². The summed E-state index contributed by atoms with van der Waals surface area (Å²) in [6.45, 7) is 1.99. The summed E-state index contributed by atoms with van der Waals surface area (Å²) in [6, 6.07) is 15.9. The minimum absolute atomic E-state index is 0.00324. The standard InChI is InChI=1S/C27H21Cl2NO6/c1-2-36-22(32)13-15-3-8-18(9-4-15)30-24(16-5-10-19(31)11-6-16)23(26(34)27(30)35)25(33)17-7-12-20(28)21(29)14-17/h3-12,14,24,31,33H,2,13H2,1H3/b25-23-. The van der Waals surface area contributed by atoms with Crippen LogP contribution in [0.4, 0.5) is 5.69 Å². The molecule has 9 heteroatoms. The number of amides is 1. The Morgan fingerprint density at radius 2 is 1.64 bits per heavy atom. The van der Waals surface area contributed by atoms with Gasteiger partial charge in [-0.05, 0) is 60.5 Å². The third kappa shape index (κ3) is 4.94. The van der Waals surface area contributed by atoms with E-state index >= 15 is 0 Å². The molecule has 4 rings (SSSR count). The van der Waals surface area contributed by atoms with Gasteiger partial charge in [-0.15, -0.1) is 0 Å². The molecule has 1 heterocycles. The number of phenolic OH excluding ortho intramolecular Hbond substituents is 1. The Morgan fingerprint density at radius 3 is 2.25 bits per heavy atom. The van der Waals surface area contributed by atoms with E-state index in [4.69, 9.17) is 27.9 Å². The van der Waals surface area contributed by atoms with Crippen molar-refractivity contribution in [1.82, 2.24) is 0 Å². The first-order chi connectivity index (χ1) is 17.2. The Bertz CT molecular complexity index is 1370. The van der Waals surface area contributed by atoms with Crippen LogP contribution in [-0.4, -0.2) is 34.5 Å². The molecule has 1 fully saturated rings. The lowest BCUT2D eigenvalue weighted by Crippen LogP contribution is -2.29. The zero-order valence-corrected chi connectivity index (χ0v) is 20.6. The molecule has 1 saturated heterocycles. The quantitative estimate of drug-likeness (QED) is 0.192. The van der Waals surface area contributed by atoms with Gasteiger partial charge in [0.15, 0.2) is 0 Å². The van der Waals surface area contributed by atoms with Gasteiger partial charge in [0.05, 0.1) is 34.7 Å². The Morgan fingerprint density at radius 1 is 0.972 bits per heavy atom. The zero-order valence-electron chi connectivity index (χ0n) is 19.1. The Balaban J connectivity index is 1.82. The van der Waals surface area contributed by atoms with Crippen LogP contribution < -0.4 is 4.90 Å². The number of phenols is 1. The molecule has 0 saturated carbocycles. The van der Waals surface area contributed by atoms with E-state index in [2.05, 4.69) is 0 Å². The lowest BCUT2D eigenvalue weighted by molar-refractivity contribution is -0.142. The van der Waals surface area contributed by atoms with Gasteiger partial charge < -0.3 is 14.9 Å². The normalized spacial score (nSPS) is 16.9. The third-order valence-electron chi connectivity index (χ3n) is 5.71. The first kappa shape index (κ1) is 25.3. The highest BCUT2D eigenvalue weighted by atomic mass is 35.5. The molecule has 36 heavy (non-hydrogen) atoms. The molecule has 184 valence electrons. The van der Waals surface area contributed by atoms with E-state index in [-0.39, 0.29) is 45.9 Å². The monoisotopic (exact) mass is 525 g/mol. The molecule has 0 bridgehead atoms. The van der Waals surface area contributed by atoms with Crippen LogP contribution in [-0.2, 0) is 25.5 Å². The van der Waals surface area contributed by atoms with Gasteiger partial charge in [-0.3, -0.25) is 19.3 Å². The Labute approximate surface area is 217 Å². The van der Waals surface area contributed by atoms with Crippen LogP contribution in [0.2, 0.25) is 10.0 Å². The highest BCUT2D eigenvalue weighted by Gasteiger charge is 2.47. The van der Waals surface area contributed by atoms with Crippen LogP contribution in [0.15, 0.2) is 72.3 Å². The molecule has 3 aromatic carbocycles. The number of nitrogens with zero attached hydrogens (tertiary/aromatic N) is 1. The molecule has 3 aromatic rings. The molecule has 0 radical (unpaired) electrons. The van der Waals surface area contributed by atoms with E-state index in [1.165, 1.54) is 35.2 Å². The SMILES string of the molecule is CCOC(=O)Cc1ccc(N2C(=O)C(=O)/C(=C(\O)c3ccc(Cl)c(Cl)c3)C2c2ccc(O)cc2)cc1. The van der Waals surface area contributed by atoms with Crippen LogP contribution in [0.25, 0.3) is 5.76 Å². The van der Waals surface area contributed by atoms with Gasteiger partial charge in [-0.25, -0.2) is 0 Å². The maximum absolute atomic E-state index is 13.2. The number of aliphatic hydroxyl groups is 1. The van der Waals surface area contributed by atoms with Gasteiger partial charge in [-0.2, -0.15) is 0 Å². The van der Waals surface area contributed by atoms with Gasteiger partial charge in [0.1, 0.15) is 11.5 Å². The summed E-state index contributed by atoms with van der Waals surface area (Å²) >= 11 is 12.1. The number of aromatic hydroxyl groups is 1. The van der Waals surface area contributed by atoms with Crippen molar-refractivity contribution in [1.29, 1.82) is 0 Å². The number of hydrogen-bond donors (Lipinski definition) is 2. The average molecular weight is 526 g/mol. The van der Waals surface area contributed by atoms with Crippen LogP contribution in [0.3, 0.4) is 0 Å². The number of Topliss-reactive ketones (excluding diaryl/α,β-unsaturated/α-hetero) is 1. The molecule has 1 amide bonds.